The maximum atomic E-state index is 5.46. The van der Waals surface area contributed by atoms with Crippen molar-refractivity contribution in [3.8, 4) is 5.75 Å². The van der Waals surface area contributed by atoms with Gasteiger partial charge in [0.2, 0.25) is 0 Å². The highest BCUT2D eigenvalue weighted by Crippen LogP contribution is 2.34. The van der Waals surface area contributed by atoms with Gasteiger partial charge in [0.15, 0.2) is 5.90 Å². The second-order valence-corrected chi connectivity index (χ2v) is 6.05. The van der Waals surface area contributed by atoms with Gasteiger partial charge in [-0.3, -0.25) is 0 Å². The number of nitrogens with zero attached hydrogens (tertiary/aromatic N) is 1. The zero-order valence-electron chi connectivity index (χ0n) is 13.4. The van der Waals surface area contributed by atoms with Gasteiger partial charge in [0.25, 0.3) is 0 Å². The monoisotopic (exact) mass is 285 g/mol. The van der Waals surface area contributed by atoms with E-state index in [-0.39, 0.29) is 5.41 Å². The second-order valence-electron chi connectivity index (χ2n) is 6.05. The summed E-state index contributed by atoms with van der Waals surface area (Å²) in [6, 6.07) is 7.92. The molecular formula is C18H23NO2. The Morgan fingerprint density at radius 1 is 1.05 bits per heavy atom. The summed E-state index contributed by atoms with van der Waals surface area (Å²) < 4.78 is 10.8. The second kappa shape index (κ2) is 6.17. The summed E-state index contributed by atoms with van der Waals surface area (Å²) in [6.45, 7) is 6.60. The van der Waals surface area contributed by atoms with Crippen LogP contribution in [-0.2, 0) is 4.74 Å². The molecule has 0 amide bonds. The normalized spacial score (nSPS) is 15.6. The first-order valence-corrected chi connectivity index (χ1v) is 7.13. The Kier molecular flexibility index (Phi) is 4.51. The van der Waals surface area contributed by atoms with E-state index in [9.17, 15) is 0 Å². The molecule has 1 heterocycles. The fraction of sp³-hybridized carbons (Fsp3) is 0.389. The van der Waals surface area contributed by atoms with Crippen molar-refractivity contribution in [1.82, 2.24) is 0 Å². The maximum Gasteiger partial charge on any atom is 0.192 e. The van der Waals surface area contributed by atoms with Gasteiger partial charge in [0.05, 0.1) is 19.9 Å². The highest BCUT2D eigenvalue weighted by molar-refractivity contribution is 5.88. The van der Waals surface area contributed by atoms with Crippen LogP contribution in [0.3, 0.4) is 0 Å². The van der Waals surface area contributed by atoms with Crippen LogP contribution in [0.25, 0.3) is 5.70 Å². The van der Waals surface area contributed by atoms with Crippen molar-refractivity contribution in [2.75, 3.05) is 14.2 Å². The van der Waals surface area contributed by atoms with E-state index in [0.717, 1.165) is 17.0 Å². The molecule has 112 valence electrons. The van der Waals surface area contributed by atoms with Crippen LogP contribution in [0.5, 0.6) is 5.75 Å². The lowest BCUT2D eigenvalue weighted by atomic mass is 9.85. The van der Waals surface area contributed by atoms with E-state index in [2.05, 4.69) is 37.9 Å². The predicted octanol–water partition coefficient (Wildman–Crippen LogP) is 4.46. The van der Waals surface area contributed by atoms with Crippen molar-refractivity contribution in [2.45, 2.75) is 27.2 Å². The molecule has 0 bridgehead atoms. The van der Waals surface area contributed by atoms with Gasteiger partial charge in [-0.05, 0) is 29.2 Å². The molecule has 0 saturated carbocycles. The molecular weight excluding hydrogens is 262 g/mol. The first-order chi connectivity index (χ1) is 9.95. The van der Waals surface area contributed by atoms with Crippen molar-refractivity contribution in [3.05, 3.63) is 47.6 Å². The van der Waals surface area contributed by atoms with E-state index in [0.29, 0.717) is 12.3 Å². The molecule has 1 aliphatic rings. The summed E-state index contributed by atoms with van der Waals surface area (Å²) in [4.78, 5) is 4.66. The average molecular weight is 285 g/mol. The van der Waals surface area contributed by atoms with Gasteiger partial charge in [-0.1, -0.05) is 39.0 Å². The molecule has 0 fully saturated rings. The van der Waals surface area contributed by atoms with Crippen LogP contribution in [-0.4, -0.2) is 20.1 Å². The number of allylic oxidation sites excluding steroid dienone is 2. The topological polar surface area (TPSA) is 30.8 Å². The number of rotatable bonds is 2. The van der Waals surface area contributed by atoms with Gasteiger partial charge in [-0.15, -0.1) is 0 Å². The van der Waals surface area contributed by atoms with E-state index < -0.39 is 0 Å². The largest absolute Gasteiger partial charge is 0.496 e. The third kappa shape index (κ3) is 3.54. The van der Waals surface area contributed by atoms with Crippen LogP contribution < -0.4 is 4.74 Å². The minimum Gasteiger partial charge on any atom is -0.496 e. The van der Waals surface area contributed by atoms with E-state index >= 15 is 0 Å². The maximum absolute atomic E-state index is 5.46. The number of benzene rings is 1. The van der Waals surface area contributed by atoms with Crippen molar-refractivity contribution in [1.29, 1.82) is 0 Å². The minimum atomic E-state index is 0.0615. The number of para-hydroxylation sites is 1. The molecule has 3 heteroatoms. The van der Waals surface area contributed by atoms with Gasteiger partial charge < -0.3 is 9.47 Å². The first kappa shape index (κ1) is 15.4. The molecule has 1 aromatic rings. The van der Waals surface area contributed by atoms with Crippen molar-refractivity contribution in [2.24, 2.45) is 10.4 Å². The van der Waals surface area contributed by atoms with Crippen LogP contribution in [0.1, 0.15) is 32.8 Å². The first-order valence-electron chi connectivity index (χ1n) is 7.13. The lowest BCUT2D eigenvalue weighted by Crippen LogP contribution is -2.08. The highest BCUT2D eigenvalue weighted by atomic mass is 16.5. The Hall–Kier alpha value is -2.03. The molecule has 2 rings (SSSR count). The predicted molar refractivity (Wildman–Crippen MR) is 87.6 cm³/mol. The van der Waals surface area contributed by atoms with Crippen LogP contribution in [0.2, 0.25) is 0 Å². The van der Waals surface area contributed by atoms with Gasteiger partial charge >= 0.3 is 0 Å². The summed E-state index contributed by atoms with van der Waals surface area (Å²) in [5.41, 5.74) is 3.17. The lowest BCUT2D eigenvalue weighted by molar-refractivity contribution is 0.395. The summed E-state index contributed by atoms with van der Waals surface area (Å²) in [6.07, 6.45) is 5.02. The summed E-state index contributed by atoms with van der Waals surface area (Å²) in [5.74, 6) is 1.53. The van der Waals surface area contributed by atoms with Gasteiger partial charge in [0, 0.05) is 12.0 Å². The van der Waals surface area contributed by atoms with Crippen LogP contribution in [0, 0.1) is 5.41 Å². The molecule has 0 saturated heterocycles. The molecule has 0 aliphatic carbocycles. The molecule has 0 radical (unpaired) electrons. The van der Waals surface area contributed by atoms with E-state index in [1.165, 1.54) is 5.57 Å². The molecule has 3 nitrogen and oxygen atoms in total. The zero-order valence-corrected chi connectivity index (χ0v) is 13.4. The number of hydrogen-bond acceptors (Lipinski definition) is 3. The van der Waals surface area contributed by atoms with E-state index in [1.54, 1.807) is 14.2 Å². The lowest BCUT2D eigenvalue weighted by Gasteiger charge is -2.20. The highest BCUT2D eigenvalue weighted by Gasteiger charge is 2.20. The molecule has 0 N–H and O–H groups in total. The number of ether oxygens (including phenoxy) is 2. The summed E-state index contributed by atoms with van der Waals surface area (Å²) in [7, 11) is 3.34. The fourth-order valence-corrected chi connectivity index (χ4v) is 2.26. The number of aliphatic imine (C=N–C) groups is 1. The molecule has 0 unspecified atom stereocenters. The molecule has 1 aliphatic heterocycles. The van der Waals surface area contributed by atoms with E-state index in [1.807, 2.05) is 24.3 Å². The Balaban J connectivity index is 2.56. The minimum absolute atomic E-state index is 0.0615. The van der Waals surface area contributed by atoms with Gasteiger partial charge in [-0.25, -0.2) is 4.99 Å². The number of hydrogen-bond donors (Lipinski definition) is 0. The smallest absolute Gasteiger partial charge is 0.192 e. The molecule has 0 aromatic heterocycles. The van der Waals surface area contributed by atoms with Gasteiger partial charge in [-0.2, -0.15) is 0 Å². The Morgan fingerprint density at radius 3 is 2.38 bits per heavy atom. The quantitative estimate of drug-likeness (QED) is 0.803. The van der Waals surface area contributed by atoms with E-state index in [4.69, 9.17) is 9.47 Å². The summed E-state index contributed by atoms with van der Waals surface area (Å²) in [5, 5.41) is 0. The summed E-state index contributed by atoms with van der Waals surface area (Å²) >= 11 is 0. The molecule has 0 spiro atoms. The van der Waals surface area contributed by atoms with Crippen molar-refractivity contribution >= 4 is 11.6 Å². The Labute approximate surface area is 127 Å². The standard InChI is InChI=1S/C18H23NO2/c1-18(2,3)13-10-11-17(21-5)19-15(12-13)14-8-6-7-9-16(14)20-4/h6-10,12H,11H2,1-5H3. The third-order valence-electron chi connectivity index (χ3n) is 3.52. The van der Waals surface area contributed by atoms with Crippen molar-refractivity contribution < 1.29 is 9.47 Å². The molecule has 0 atom stereocenters. The van der Waals surface area contributed by atoms with Crippen LogP contribution in [0.4, 0.5) is 0 Å². The third-order valence-corrected chi connectivity index (χ3v) is 3.52. The van der Waals surface area contributed by atoms with Crippen LogP contribution >= 0.6 is 0 Å². The molecule has 21 heavy (non-hydrogen) atoms. The number of methoxy groups -OCH3 is 2. The van der Waals surface area contributed by atoms with Gasteiger partial charge in [0.1, 0.15) is 5.75 Å². The molecule has 1 aromatic carbocycles. The zero-order chi connectivity index (χ0) is 15.5. The fourth-order valence-electron chi connectivity index (χ4n) is 2.26. The van der Waals surface area contributed by atoms with Crippen LogP contribution in [0.15, 0.2) is 47.0 Å². The Bertz CT molecular complexity index is 604. The average Bonchev–Trinajstić information content (AvgIpc) is 2.69. The Morgan fingerprint density at radius 2 is 1.76 bits per heavy atom. The SMILES string of the molecule is COC1=NC(c2ccccc2OC)=CC(C(C)(C)C)=CC1. The van der Waals surface area contributed by atoms with Crippen molar-refractivity contribution in [3.63, 3.8) is 0 Å².